The van der Waals surface area contributed by atoms with Crippen LogP contribution in [0.3, 0.4) is 0 Å². The summed E-state index contributed by atoms with van der Waals surface area (Å²) in [6.07, 6.45) is 2.70. The summed E-state index contributed by atoms with van der Waals surface area (Å²) in [5, 5.41) is 3.06. The van der Waals surface area contributed by atoms with Crippen molar-refractivity contribution in [3.8, 4) is 0 Å². The van der Waals surface area contributed by atoms with Crippen LogP contribution in [0.2, 0.25) is 0 Å². The fraction of sp³-hybridized carbons (Fsp3) is 1.00. The number of phosphoric ester groups is 1. The molecule has 0 aromatic rings. The van der Waals surface area contributed by atoms with Crippen LogP contribution in [-0.2, 0) is 27.4 Å². The lowest BCUT2D eigenvalue weighted by atomic mass is 9.96. The maximum absolute atomic E-state index is 11.9. The lowest BCUT2D eigenvalue weighted by Crippen LogP contribution is -2.28. The van der Waals surface area contributed by atoms with Gasteiger partial charge in [-0.2, -0.15) is 0 Å². The Kier molecular flexibility index (Phi) is 10.4. The van der Waals surface area contributed by atoms with Crippen LogP contribution in [0.15, 0.2) is 0 Å². The van der Waals surface area contributed by atoms with E-state index in [1.165, 1.54) is 0 Å². The largest absolute Gasteiger partial charge is 0.472 e. The summed E-state index contributed by atoms with van der Waals surface area (Å²) in [6, 6.07) is -0.193. The van der Waals surface area contributed by atoms with Crippen LogP contribution >= 0.6 is 15.4 Å². The van der Waals surface area contributed by atoms with Crippen LogP contribution in [0.4, 0.5) is 0 Å². The summed E-state index contributed by atoms with van der Waals surface area (Å²) in [7, 11) is -4.18. The molecule has 1 fully saturated rings. The molecule has 5 unspecified atom stereocenters. The molecule has 0 aliphatic carbocycles. The Morgan fingerprint density at radius 3 is 2.52 bits per heavy atom. The van der Waals surface area contributed by atoms with E-state index in [4.69, 9.17) is 18.3 Å². The van der Waals surface area contributed by atoms with E-state index < -0.39 is 27.6 Å². The number of ether oxygens (including phenoxy) is 1. The van der Waals surface area contributed by atoms with Crippen molar-refractivity contribution in [2.45, 2.75) is 50.3 Å². The molecule has 12 heteroatoms. The second-order valence-electron chi connectivity index (χ2n) is 6.28. The van der Waals surface area contributed by atoms with Gasteiger partial charge in [-0.3, -0.25) is 13.6 Å². The molecular formula is C13H30BNO8P2. The lowest BCUT2D eigenvalue weighted by Gasteiger charge is -2.21. The van der Waals surface area contributed by atoms with Crippen molar-refractivity contribution >= 4 is 23.3 Å². The van der Waals surface area contributed by atoms with Gasteiger partial charge in [0.15, 0.2) is 0 Å². The zero-order chi connectivity index (χ0) is 18.9. The van der Waals surface area contributed by atoms with Gasteiger partial charge in [-0.05, 0) is 32.9 Å². The molecule has 0 saturated carbocycles. The van der Waals surface area contributed by atoms with Crippen molar-refractivity contribution in [3.63, 3.8) is 0 Å². The molecule has 1 aliphatic rings. The normalized spacial score (nSPS) is 28.6. The Morgan fingerprint density at radius 1 is 1.20 bits per heavy atom. The van der Waals surface area contributed by atoms with Gasteiger partial charge >= 0.3 is 15.4 Å². The Hall–Kier alpha value is 0.245. The molecule has 0 radical (unpaired) electrons. The van der Waals surface area contributed by atoms with E-state index in [1.54, 1.807) is 7.85 Å². The highest BCUT2D eigenvalue weighted by Crippen LogP contribution is 2.46. The molecular weight excluding hydrogens is 371 g/mol. The highest BCUT2D eigenvalue weighted by Gasteiger charge is 2.38. The predicted molar refractivity (Wildman–Crippen MR) is 96.6 cm³/mol. The highest BCUT2D eigenvalue weighted by atomic mass is 31.2. The van der Waals surface area contributed by atoms with E-state index in [-0.39, 0.29) is 19.2 Å². The number of rotatable bonds is 13. The molecule has 1 heterocycles. The highest BCUT2D eigenvalue weighted by molar-refractivity contribution is 7.51. The zero-order valence-corrected chi connectivity index (χ0v) is 16.9. The van der Waals surface area contributed by atoms with Gasteiger partial charge in [0.25, 0.3) is 0 Å². The summed E-state index contributed by atoms with van der Waals surface area (Å²) in [6.45, 7) is 1.93. The van der Waals surface area contributed by atoms with Crippen molar-refractivity contribution in [1.82, 2.24) is 5.32 Å². The van der Waals surface area contributed by atoms with Gasteiger partial charge in [0, 0.05) is 12.7 Å². The average molecular weight is 401 g/mol. The third kappa shape index (κ3) is 10.9. The van der Waals surface area contributed by atoms with E-state index in [9.17, 15) is 18.9 Å². The lowest BCUT2D eigenvalue weighted by molar-refractivity contribution is -0.00195. The fourth-order valence-electron chi connectivity index (χ4n) is 2.57. The first-order valence-corrected chi connectivity index (χ1v) is 12.1. The van der Waals surface area contributed by atoms with E-state index in [2.05, 4.69) is 5.32 Å². The van der Waals surface area contributed by atoms with Crippen LogP contribution in [0.5, 0.6) is 0 Å². The van der Waals surface area contributed by atoms with Crippen molar-refractivity contribution in [1.29, 1.82) is 0 Å². The number of nitrogens with one attached hydrogen (secondary N) is 1. The molecule has 1 rings (SSSR count). The number of unbranched alkanes of at least 4 members (excludes halogenated alkanes) is 3. The van der Waals surface area contributed by atoms with Gasteiger partial charge in [-0.1, -0.05) is 12.8 Å². The standard InChI is InChI=1S/C13H30BNO8P2/c1-15-7-5-3-4-6-8-20-25(18,19)21-10-12-11(9-13(14)22-12)23-24(2,16)17/h11-13,15H,3-10,14H2,1-2H3,(H,16,17)(H,18,19). The summed E-state index contributed by atoms with van der Waals surface area (Å²) >= 11 is 0. The first kappa shape index (κ1) is 23.3. The first-order valence-electron chi connectivity index (χ1n) is 8.53. The van der Waals surface area contributed by atoms with Crippen LogP contribution in [0.1, 0.15) is 32.1 Å². The molecule has 0 amide bonds. The van der Waals surface area contributed by atoms with Gasteiger partial charge in [0.1, 0.15) is 14.0 Å². The maximum atomic E-state index is 11.9. The topological polar surface area (TPSA) is 124 Å². The van der Waals surface area contributed by atoms with Crippen LogP contribution in [0.25, 0.3) is 0 Å². The molecule has 25 heavy (non-hydrogen) atoms. The van der Waals surface area contributed by atoms with Gasteiger partial charge in [0.05, 0.1) is 19.3 Å². The van der Waals surface area contributed by atoms with Gasteiger partial charge < -0.3 is 24.4 Å². The Bertz CT molecular complexity index is 477. The second kappa shape index (κ2) is 11.2. The quantitative estimate of drug-likeness (QED) is 0.234. The summed E-state index contributed by atoms with van der Waals surface area (Å²) in [5.41, 5.74) is 0. The van der Waals surface area contributed by atoms with Gasteiger partial charge in [-0.25, -0.2) is 4.57 Å². The number of hydrogen-bond donors (Lipinski definition) is 3. The molecule has 0 bridgehead atoms. The summed E-state index contributed by atoms with van der Waals surface area (Å²) < 4.78 is 43.8. The zero-order valence-electron chi connectivity index (χ0n) is 15.1. The molecule has 1 saturated heterocycles. The minimum absolute atomic E-state index is 0.135. The van der Waals surface area contributed by atoms with Crippen LogP contribution in [-0.4, -0.2) is 69.3 Å². The molecule has 1 aliphatic heterocycles. The van der Waals surface area contributed by atoms with Gasteiger partial charge in [-0.15, -0.1) is 0 Å². The Balaban J connectivity index is 2.29. The van der Waals surface area contributed by atoms with Crippen molar-refractivity contribution in [3.05, 3.63) is 0 Å². The van der Waals surface area contributed by atoms with E-state index >= 15 is 0 Å². The molecule has 9 nitrogen and oxygen atoms in total. The van der Waals surface area contributed by atoms with Crippen molar-refractivity contribution < 1.29 is 37.2 Å². The molecule has 148 valence electrons. The molecule has 0 spiro atoms. The summed E-state index contributed by atoms with van der Waals surface area (Å²) in [4.78, 5) is 19.0. The molecule has 0 aromatic carbocycles. The fourth-order valence-corrected chi connectivity index (χ4v) is 4.07. The molecule has 5 atom stereocenters. The third-order valence-electron chi connectivity index (χ3n) is 3.69. The van der Waals surface area contributed by atoms with E-state index in [0.717, 1.165) is 32.5 Å². The molecule has 3 N–H and O–H groups in total. The van der Waals surface area contributed by atoms with Crippen molar-refractivity contribution in [2.24, 2.45) is 0 Å². The molecule has 0 aromatic heterocycles. The van der Waals surface area contributed by atoms with Crippen LogP contribution in [0, 0.1) is 0 Å². The Morgan fingerprint density at radius 2 is 1.88 bits per heavy atom. The van der Waals surface area contributed by atoms with Gasteiger partial charge in [0.2, 0.25) is 0 Å². The van der Waals surface area contributed by atoms with Crippen molar-refractivity contribution in [2.75, 3.05) is 33.5 Å². The smallest absolute Gasteiger partial charge is 0.379 e. The third-order valence-corrected chi connectivity index (χ3v) is 5.34. The SMILES string of the molecule is BC1CC(OP(C)(=O)O)C(COP(=O)(O)OCCCCCCNC)O1. The van der Waals surface area contributed by atoms with E-state index in [1.807, 2.05) is 7.05 Å². The minimum Gasteiger partial charge on any atom is -0.379 e. The second-order valence-corrected chi connectivity index (χ2v) is 9.55. The number of phosphoric acid groups is 1. The number of hydrogen-bond acceptors (Lipinski definition) is 7. The summed E-state index contributed by atoms with van der Waals surface area (Å²) in [5.74, 6) is 0. The Labute approximate surface area is 150 Å². The first-order chi connectivity index (χ1) is 11.6. The average Bonchev–Trinajstić information content (AvgIpc) is 2.82. The monoisotopic (exact) mass is 401 g/mol. The van der Waals surface area contributed by atoms with Crippen LogP contribution < -0.4 is 5.32 Å². The maximum Gasteiger partial charge on any atom is 0.472 e. The minimum atomic E-state index is -4.18. The van der Waals surface area contributed by atoms with E-state index in [0.29, 0.717) is 12.8 Å². The predicted octanol–water partition coefficient (Wildman–Crippen LogP) is 0.848.